The van der Waals surface area contributed by atoms with Gasteiger partial charge < -0.3 is 4.90 Å². The number of likely N-dealkylation sites (tertiary alicyclic amines) is 1. The molecule has 1 fully saturated rings. The molecule has 132 valence electrons. The number of carbonyl (C=O) groups is 1. The van der Waals surface area contributed by atoms with Crippen LogP contribution in [-0.2, 0) is 6.42 Å². The molecule has 1 aromatic carbocycles. The third-order valence-electron chi connectivity index (χ3n) is 5.17. The number of hydrogen-bond donors (Lipinski definition) is 0. The highest BCUT2D eigenvalue weighted by atomic mass is 16.2. The van der Waals surface area contributed by atoms with Gasteiger partial charge in [-0.15, -0.1) is 0 Å². The van der Waals surface area contributed by atoms with E-state index in [0.29, 0.717) is 11.5 Å². The fourth-order valence-corrected chi connectivity index (χ4v) is 3.83. The quantitative estimate of drug-likeness (QED) is 0.729. The summed E-state index contributed by atoms with van der Waals surface area (Å²) in [5.41, 5.74) is 3.69. The highest BCUT2D eigenvalue weighted by Crippen LogP contribution is 2.25. The Hall–Kier alpha value is -2.82. The summed E-state index contributed by atoms with van der Waals surface area (Å²) in [5.74, 6) is 0.495. The molecule has 3 aromatic rings. The number of hydrogen-bond acceptors (Lipinski definition) is 4. The molecule has 3 heterocycles. The molecule has 5 nitrogen and oxygen atoms in total. The molecule has 0 saturated carbocycles. The minimum Gasteiger partial charge on any atom is -0.338 e. The highest BCUT2D eigenvalue weighted by Gasteiger charge is 2.26. The molecular formula is C21H22N4O. The summed E-state index contributed by atoms with van der Waals surface area (Å²) in [4.78, 5) is 27.5. The van der Waals surface area contributed by atoms with Gasteiger partial charge in [0.15, 0.2) is 0 Å². The molecule has 26 heavy (non-hydrogen) atoms. The van der Waals surface area contributed by atoms with Crippen LogP contribution >= 0.6 is 0 Å². The summed E-state index contributed by atoms with van der Waals surface area (Å²) in [5, 5.41) is 1.17. The third-order valence-corrected chi connectivity index (χ3v) is 5.17. The summed E-state index contributed by atoms with van der Waals surface area (Å²) in [7, 11) is 0. The Balaban J connectivity index is 1.52. The van der Waals surface area contributed by atoms with Gasteiger partial charge in [0, 0.05) is 30.9 Å². The zero-order chi connectivity index (χ0) is 17.9. The standard InChI is InChI=1S/C21H22N4O/c1-15-19(12-22-14-24-15)21(26)25-10-4-5-16(13-25)11-18-7-2-6-17-8-3-9-23-20(17)18/h2-3,6-9,12,14,16H,4-5,10-11,13H2,1H3/t16-/m1/s1. The molecule has 1 aliphatic rings. The number of aromatic nitrogens is 3. The summed E-state index contributed by atoms with van der Waals surface area (Å²) in [6.45, 7) is 3.44. The van der Waals surface area contributed by atoms with Crippen molar-refractivity contribution < 1.29 is 4.79 Å². The molecule has 0 bridgehead atoms. The monoisotopic (exact) mass is 346 g/mol. The predicted molar refractivity (Wildman–Crippen MR) is 101 cm³/mol. The lowest BCUT2D eigenvalue weighted by molar-refractivity contribution is 0.0672. The maximum atomic E-state index is 12.9. The summed E-state index contributed by atoms with van der Waals surface area (Å²) in [6, 6.07) is 10.4. The van der Waals surface area contributed by atoms with E-state index in [1.807, 2.05) is 24.1 Å². The van der Waals surface area contributed by atoms with Crippen molar-refractivity contribution in [2.75, 3.05) is 13.1 Å². The summed E-state index contributed by atoms with van der Waals surface area (Å²) in [6.07, 6.45) is 8.07. The van der Waals surface area contributed by atoms with Gasteiger partial charge in [-0.05, 0) is 43.7 Å². The van der Waals surface area contributed by atoms with Crippen LogP contribution in [0.25, 0.3) is 10.9 Å². The molecule has 0 aliphatic carbocycles. The Morgan fingerprint density at radius 1 is 1.23 bits per heavy atom. The number of benzene rings is 1. The molecule has 0 unspecified atom stereocenters. The molecule has 1 atom stereocenters. The van der Waals surface area contributed by atoms with Crippen molar-refractivity contribution in [3.8, 4) is 0 Å². The van der Waals surface area contributed by atoms with Gasteiger partial charge in [0.1, 0.15) is 6.33 Å². The van der Waals surface area contributed by atoms with E-state index >= 15 is 0 Å². The second-order valence-corrected chi connectivity index (χ2v) is 6.98. The van der Waals surface area contributed by atoms with Crippen LogP contribution in [0.1, 0.15) is 34.5 Å². The van der Waals surface area contributed by atoms with E-state index in [0.717, 1.165) is 43.6 Å². The lowest BCUT2D eigenvalue weighted by atomic mass is 9.90. The van der Waals surface area contributed by atoms with Gasteiger partial charge in [0.25, 0.3) is 5.91 Å². The Bertz CT molecular complexity index is 935. The van der Waals surface area contributed by atoms with Gasteiger partial charge in [-0.25, -0.2) is 9.97 Å². The van der Waals surface area contributed by atoms with Crippen LogP contribution in [-0.4, -0.2) is 38.8 Å². The van der Waals surface area contributed by atoms with Crippen molar-refractivity contribution >= 4 is 16.8 Å². The minimum atomic E-state index is 0.0452. The Kier molecular flexibility index (Phi) is 4.61. The van der Waals surface area contributed by atoms with Crippen molar-refractivity contribution in [2.45, 2.75) is 26.2 Å². The largest absolute Gasteiger partial charge is 0.338 e. The highest BCUT2D eigenvalue weighted by molar-refractivity contribution is 5.95. The van der Waals surface area contributed by atoms with Crippen LogP contribution in [0.15, 0.2) is 49.1 Å². The van der Waals surface area contributed by atoms with E-state index in [9.17, 15) is 4.79 Å². The van der Waals surface area contributed by atoms with Gasteiger partial charge in [0.05, 0.1) is 16.8 Å². The summed E-state index contributed by atoms with van der Waals surface area (Å²) < 4.78 is 0. The number of aryl methyl sites for hydroxylation is 1. The zero-order valence-electron chi connectivity index (χ0n) is 14.9. The fraction of sp³-hybridized carbons (Fsp3) is 0.333. The van der Waals surface area contributed by atoms with Gasteiger partial charge in [-0.1, -0.05) is 24.3 Å². The first kappa shape index (κ1) is 16.6. The minimum absolute atomic E-state index is 0.0452. The topological polar surface area (TPSA) is 59.0 Å². The molecule has 4 rings (SSSR count). The molecule has 2 aromatic heterocycles. The average Bonchev–Trinajstić information content (AvgIpc) is 2.68. The Morgan fingerprint density at radius 2 is 2.12 bits per heavy atom. The van der Waals surface area contributed by atoms with Crippen LogP contribution in [0, 0.1) is 12.8 Å². The van der Waals surface area contributed by atoms with Gasteiger partial charge in [-0.2, -0.15) is 0 Å². The van der Waals surface area contributed by atoms with E-state index in [1.165, 1.54) is 17.3 Å². The summed E-state index contributed by atoms with van der Waals surface area (Å²) >= 11 is 0. The Morgan fingerprint density at radius 3 is 3.00 bits per heavy atom. The lowest BCUT2D eigenvalue weighted by Crippen LogP contribution is -2.41. The molecule has 1 aliphatic heterocycles. The van der Waals surface area contributed by atoms with Gasteiger partial charge >= 0.3 is 0 Å². The third kappa shape index (κ3) is 3.29. The van der Waals surface area contributed by atoms with Gasteiger partial charge in [0.2, 0.25) is 0 Å². The fourth-order valence-electron chi connectivity index (χ4n) is 3.83. The predicted octanol–water partition coefficient (Wildman–Crippen LogP) is 3.43. The van der Waals surface area contributed by atoms with Crippen molar-refractivity contribution in [3.05, 3.63) is 65.9 Å². The number of rotatable bonds is 3. The normalized spacial score (nSPS) is 17.4. The van der Waals surface area contributed by atoms with E-state index in [1.54, 1.807) is 6.20 Å². The van der Waals surface area contributed by atoms with Gasteiger partial charge in [-0.3, -0.25) is 9.78 Å². The number of carbonyl (C=O) groups excluding carboxylic acids is 1. The first-order chi connectivity index (χ1) is 12.7. The van der Waals surface area contributed by atoms with E-state index in [4.69, 9.17) is 0 Å². The van der Waals surface area contributed by atoms with Crippen LogP contribution < -0.4 is 0 Å². The molecular weight excluding hydrogens is 324 g/mol. The smallest absolute Gasteiger partial charge is 0.257 e. The van der Waals surface area contributed by atoms with Crippen molar-refractivity contribution in [3.63, 3.8) is 0 Å². The molecule has 0 N–H and O–H groups in total. The van der Waals surface area contributed by atoms with Crippen molar-refractivity contribution in [2.24, 2.45) is 5.92 Å². The maximum Gasteiger partial charge on any atom is 0.257 e. The molecule has 5 heteroatoms. The first-order valence-corrected chi connectivity index (χ1v) is 9.11. The SMILES string of the molecule is Cc1ncncc1C(=O)N1CCC[C@H](Cc2cccc3cccnc23)C1. The second kappa shape index (κ2) is 7.20. The second-order valence-electron chi connectivity index (χ2n) is 6.98. The lowest BCUT2D eigenvalue weighted by Gasteiger charge is -2.33. The van der Waals surface area contributed by atoms with E-state index in [-0.39, 0.29) is 5.91 Å². The number of nitrogens with zero attached hydrogens (tertiary/aromatic N) is 4. The molecule has 0 spiro atoms. The Labute approximate surface area is 153 Å². The average molecular weight is 346 g/mol. The number of fused-ring (bicyclic) bond motifs is 1. The van der Waals surface area contributed by atoms with Crippen molar-refractivity contribution in [1.29, 1.82) is 0 Å². The van der Waals surface area contributed by atoms with E-state index < -0.39 is 0 Å². The van der Waals surface area contributed by atoms with E-state index in [2.05, 4.69) is 39.2 Å². The van der Waals surface area contributed by atoms with Crippen LogP contribution in [0.2, 0.25) is 0 Å². The van der Waals surface area contributed by atoms with Crippen LogP contribution in [0.4, 0.5) is 0 Å². The molecule has 0 radical (unpaired) electrons. The number of amides is 1. The maximum absolute atomic E-state index is 12.9. The van der Waals surface area contributed by atoms with Crippen LogP contribution in [0.5, 0.6) is 0 Å². The van der Waals surface area contributed by atoms with Crippen LogP contribution in [0.3, 0.4) is 0 Å². The number of para-hydroxylation sites is 1. The molecule has 1 amide bonds. The first-order valence-electron chi connectivity index (χ1n) is 9.11. The zero-order valence-corrected chi connectivity index (χ0v) is 14.9. The van der Waals surface area contributed by atoms with Crippen molar-refractivity contribution in [1.82, 2.24) is 19.9 Å². The number of pyridine rings is 1. The number of piperidine rings is 1. The molecule has 1 saturated heterocycles.